The van der Waals surface area contributed by atoms with Crippen LogP contribution in [0.1, 0.15) is 28.8 Å². The normalized spacial score (nSPS) is 19.5. The zero-order valence-electron chi connectivity index (χ0n) is 11.5. The van der Waals surface area contributed by atoms with E-state index in [1.165, 1.54) is 0 Å². The molecule has 1 unspecified atom stereocenters. The first kappa shape index (κ1) is 14.5. The van der Waals surface area contributed by atoms with Crippen molar-refractivity contribution >= 4 is 21.8 Å². The van der Waals surface area contributed by atoms with Crippen molar-refractivity contribution in [2.24, 2.45) is 5.92 Å². The predicted octanol–water partition coefficient (Wildman–Crippen LogP) is 3.26. The smallest absolute Gasteiger partial charge is 0.255 e. The number of carbonyl (C=O) groups excluding carboxylic acids is 1. The number of nitrogens with zero attached hydrogens (tertiary/aromatic N) is 1. The molecule has 1 aliphatic heterocycles. The largest absolute Gasteiger partial charge is 0.384 e. The molecule has 19 heavy (non-hydrogen) atoms. The van der Waals surface area contributed by atoms with Crippen LogP contribution >= 0.6 is 15.9 Å². The van der Waals surface area contributed by atoms with Gasteiger partial charge < -0.3 is 9.64 Å². The summed E-state index contributed by atoms with van der Waals surface area (Å²) < 4.78 is 6.09. The van der Waals surface area contributed by atoms with E-state index in [1.807, 2.05) is 30.0 Å². The van der Waals surface area contributed by atoms with E-state index in [4.69, 9.17) is 4.74 Å². The Labute approximate surface area is 123 Å². The standard InChI is InChI=1S/C15H20BrNO2/c1-11-5-6-13(14(16)8-11)15(18)17-7-3-4-12(9-17)10-19-2/h5-6,8,12H,3-4,7,9-10H2,1-2H3. The van der Waals surface area contributed by atoms with Crippen molar-refractivity contribution in [3.05, 3.63) is 33.8 Å². The van der Waals surface area contributed by atoms with Crippen LogP contribution in [0.4, 0.5) is 0 Å². The average Bonchev–Trinajstić information content (AvgIpc) is 2.39. The van der Waals surface area contributed by atoms with Crippen LogP contribution in [0, 0.1) is 12.8 Å². The Balaban J connectivity index is 2.10. The summed E-state index contributed by atoms with van der Waals surface area (Å²) in [6.45, 7) is 4.40. The highest BCUT2D eigenvalue weighted by Gasteiger charge is 2.25. The number of halogens is 1. The lowest BCUT2D eigenvalue weighted by atomic mass is 9.98. The summed E-state index contributed by atoms with van der Waals surface area (Å²) in [5.74, 6) is 0.583. The lowest BCUT2D eigenvalue weighted by molar-refractivity contribution is 0.0570. The lowest BCUT2D eigenvalue weighted by Crippen LogP contribution is -2.41. The topological polar surface area (TPSA) is 29.5 Å². The van der Waals surface area contributed by atoms with E-state index in [0.29, 0.717) is 5.92 Å². The SMILES string of the molecule is COCC1CCCN(C(=O)c2ccc(C)cc2Br)C1. The second kappa shape index (κ2) is 6.53. The second-order valence-electron chi connectivity index (χ2n) is 5.20. The van der Waals surface area contributed by atoms with Gasteiger partial charge in [-0.05, 0) is 59.3 Å². The van der Waals surface area contributed by atoms with E-state index in [1.54, 1.807) is 7.11 Å². The van der Waals surface area contributed by atoms with Gasteiger partial charge in [-0.25, -0.2) is 0 Å². The average molecular weight is 326 g/mol. The minimum Gasteiger partial charge on any atom is -0.384 e. The van der Waals surface area contributed by atoms with E-state index < -0.39 is 0 Å². The third-order valence-electron chi connectivity index (χ3n) is 3.56. The van der Waals surface area contributed by atoms with Crippen molar-refractivity contribution in [3.63, 3.8) is 0 Å². The van der Waals surface area contributed by atoms with Gasteiger partial charge in [0.05, 0.1) is 12.2 Å². The molecular weight excluding hydrogens is 306 g/mol. The number of amides is 1. The minimum atomic E-state index is 0.118. The van der Waals surface area contributed by atoms with Gasteiger partial charge in [-0.2, -0.15) is 0 Å². The zero-order valence-corrected chi connectivity index (χ0v) is 13.1. The number of rotatable bonds is 3. The van der Waals surface area contributed by atoms with Crippen molar-refractivity contribution in [1.82, 2.24) is 4.90 Å². The molecule has 3 nitrogen and oxygen atoms in total. The quantitative estimate of drug-likeness (QED) is 0.853. The maximum Gasteiger partial charge on any atom is 0.255 e. The van der Waals surface area contributed by atoms with Gasteiger partial charge in [-0.1, -0.05) is 6.07 Å². The van der Waals surface area contributed by atoms with E-state index in [9.17, 15) is 4.79 Å². The Morgan fingerprint density at radius 1 is 1.53 bits per heavy atom. The fourth-order valence-corrected chi connectivity index (χ4v) is 3.25. The minimum absolute atomic E-state index is 0.118. The molecule has 0 bridgehead atoms. The van der Waals surface area contributed by atoms with Crippen LogP contribution in [0.2, 0.25) is 0 Å². The molecule has 1 heterocycles. The van der Waals surface area contributed by atoms with Gasteiger partial charge in [0.25, 0.3) is 5.91 Å². The molecule has 1 aromatic rings. The Morgan fingerprint density at radius 2 is 2.32 bits per heavy atom. The fraction of sp³-hybridized carbons (Fsp3) is 0.533. The van der Waals surface area contributed by atoms with E-state index >= 15 is 0 Å². The van der Waals surface area contributed by atoms with Gasteiger partial charge in [0.1, 0.15) is 0 Å². The molecular formula is C15H20BrNO2. The molecule has 0 aliphatic carbocycles. The van der Waals surface area contributed by atoms with Gasteiger partial charge in [0.15, 0.2) is 0 Å². The maximum absolute atomic E-state index is 12.5. The summed E-state index contributed by atoms with van der Waals surface area (Å²) in [7, 11) is 1.72. The van der Waals surface area contributed by atoms with Crippen LogP contribution in [-0.2, 0) is 4.74 Å². The van der Waals surface area contributed by atoms with Crippen LogP contribution < -0.4 is 0 Å². The number of ether oxygens (including phenoxy) is 1. The highest BCUT2D eigenvalue weighted by molar-refractivity contribution is 9.10. The maximum atomic E-state index is 12.5. The second-order valence-corrected chi connectivity index (χ2v) is 6.05. The summed E-state index contributed by atoms with van der Waals surface area (Å²) in [5.41, 5.74) is 1.91. The third kappa shape index (κ3) is 3.57. The number of aryl methyl sites for hydroxylation is 1. The summed E-state index contributed by atoms with van der Waals surface area (Å²) in [6.07, 6.45) is 2.20. The third-order valence-corrected chi connectivity index (χ3v) is 4.22. The number of benzene rings is 1. The number of carbonyl (C=O) groups is 1. The number of piperidine rings is 1. The fourth-order valence-electron chi connectivity index (χ4n) is 2.59. The molecule has 1 aromatic carbocycles. The highest BCUT2D eigenvalue weighted by Crippen LogP contribution is 2.23. The van der Waals surface area contributed by atoms with Gasteiger partial charge in [0.2, 0.25) is 0 Å². The molecule has 104 valence electrons. The molecule has 1 saturated heterocycles. The van der Waals surface area contributed by atoms with Gasteiger partial charge in [-0.3, -0.25) is 4.79 Å². The van der Waals surface area contributed by atoms with E-state index in [-0.39, 0.29) is 5.91 Å². The van der Waals surface area contributed by atoms with Gasteiger partial charge in [0, 0.05) is 24.7 Å². The first-order valence-corrected chi connectivity index (χ1v) is 7.45. The summed E-state index contributed by atoms with van der Waals surface area (Å²) in [6, 6.07) is 5.88. The molecule has 1 aliphatic rings. The van der Waals surface area contributed by atoms with E-state index in [2.05, 4.69) is 15.9 Å². The van der Waals surface area contributed by atoms with Crippen LogP contribution in [-0.4, -0.2) is 37.6 Å². The van der Waals surface area contributed by atoms with Gasteiger partial charge in [-0.15, -0.1) is 0 Å². The number of likely N-dealkylation sites (tertiary alicyclic amines) is 1. The van der Waals surface area contributed by atoms with Crippen LogP contribution in [0.5, 0.6) is 0 Å². The molecule has 0 radical (unpaired) electrons. The predicted molar refractivity (Wildman–Crippen MR) is 79.4 cm³/mol. The first-order chi connectivity index (χ1) is 9.11. The van der Waals surface area contributed by atoms with Crippen molar-refractivity contribution in [2.75, 3.05) is 26.8 Å². The number of hydrogen-bond acceptors (Lipinski definition) is 2. The van der Waals surface area contributed by atoms with Crippen molar-refractivity contribution < 1.29 is 9.53 Å². The molecule has 4 heteroatoms. The van der Waals surface area contributed by atoms with Crippen molar-refractivity contribution in [1.29, 1.82) is 0 Å². The Morgan fingerprint density at radius 3 is 3.00 bits per heavy atom. The highest BCUT2D eigenvalue weighted by atomic mass is 79.9. The monoisotopic (exact) mass is 325 g/mol. The van der Waals surface area contributed by atoms with Crippen LogP contribution in [0.3, 0.4) is 0 Å². The molecule has 0 N–H and O–H groups in total. The van der Waals surface area contributed by atoms with Gasteiger partial charge >= 0.3 is 0 Å². The van der Waals surface area contributed by atoms with E-state index in [0.717, 1.165) is 48.1 Å². The molecule has 1 atom stereocenters. The molecule has 1 fully saturated rings. The Hall–Kier alpha value is -0.870. The zero-order chi connectivity index (χ0) is 13.8. The Kier molecular flexibility index (Phi) is 4.99. The number of hydrogen-bond donors (Lipinski definition) is 0. The van der Waals surface area contributed by atoms with Crippen molar-refractivity contribution in [2.45, 2.75) is 19.8 Å². The molecule has 1 amide bonds. The summed E-state index contributed by atoms with van der Waals surface area (Å²) in [5, 5.41) is 0. The molecule has 0 spiro atoms. The molecule has 2 rings (SSSR count). The number of methoxy groups -OCH3 is 1. The molecule has 0 aromatic heterocycles. The van der Waals surface area contributed by atoms with Crippen LogP contribution in [0.15, 0.2) is 22.7 Å². The Bertz CT molecular complexity index is 459. The lowest BCUT2D eigenvalue weighted by Gasteiger charge is -2.32. The molecule has 0 saturated carbocycles. The summed E-state index contributed by atoms with van der Waals surface area (Å²) in [4.78, 5) is 14.5. The van der Waals surface area contributed by atoms with Crippen molar-refractivity contribution in [3.8, 4) is 0 Å². The first-order valence-electron chi connectivity index (χ1n) is 6.66. The van der Waals surface area contributed by atoms with Crippen LogP contribution in [0.25, 0.3) is 0 Å². The summed E-state index contributed by atoms with van der Waals surface area (Å²) >= 11 is 3.49.